The highest BCUT2D eigenvalue weighted by Gasteiger charge is 2.06. The van der Waals surface area contributed by atoms with Crippen molar-refractivity contribution in [2.45, 2.75) is 0 Å². The van der Waals surface area contributed by atoms with Crippen molar-refractivity contribution in [2.75, 3.05) is 0 Å². The number of nitrogens with one attached hydrogen (secondary N) is 1. The third-order valence-electron chi connectivity index (χ3n) is 2.12. The van der Waals surface area contributed by atoms with Gasteiger partial charge in [0.25, 0.3) is 5.56 Å². The SMILES string of the molecule is O=c1[nH]nc2c1cnc1ccscc12. The van der Waals surface area contributed by atoms with E-state index >= 15 is 0 Å². The maximum atomic E-state index is 11.3. The molecule has 1 N–H and O–H groups in total. The highest BCUT2D eigenvalue weighted by molar-refractivity contribution is 7.08. The first-order valence-corrected chi connectivity index (χ1v) is 5.00. The first-order chi connectivity index (χ1) is 6.86. The van der Waals surface area contributed by atoms with Crippen LogP contribution in [0.1, 0.15) is 0 Å². The van der Waals surface area contributed by atoms with Crippen molar-refractivity contribution in [2.24, 2.45) is 0 Å². The Morgan fingerprint density at radius 2 is 2.29 bits per heavy atom. The molecule has 0 aliphatic rings. The standard InChI is InChI=1S/C9H5N3OS/c13-9-5-3-10-7-1-2-14-4-6(7)8(5)11-12-9/h1-4H,(H,12,13). The van der Waals surface area contributed by atoms with Gasteiger partial charge < -0.3 is 0 Å². The third kappa shape index (κ3) is 0.898. The first-order valence-electron chi connectivity index (χ1n) is 4.05. The van der Waals surface area contributed by atoms with Gasteiger partial charge in [0, 0.05) is 17.0 Å². The van der Waals surface area contributed by atoms with E-state index in [2.05, 4.69) is 15.2 Å². The summed E-state index contributed by atoms with van der Waals surface area (Å²) in [5.74, 6) is 0. The zero-order chi connectivity index (χ0) is 9.54. The van der Waals surface area contributed by atoms with Crippen LogP contribution in [0, 0.1) is 0 Å². The second-order valence-corrected chi connectivity index (χ2v) is 3.71. The van der Waals surface area contributed by atoms with Gasteiger partial charge in [0.2, 0.25) is 0 Å². The van der Waals surface area contributed by atoms with Crippen LogP contribution < -0.4 is 5.56 Å². The lowest BCUT2D eigenvalue weighted by Gasteiger charge is -1.94. The van der Waals surface area contributed by atoms with Crippen LogP contribution in [0.3, 0.4) is 0 Å². The fourth-order valence-corrected chi connectivity index (χ4v) is 2.10. The van der Waals surface area contributed by atoms with E-state index in [1.165, 1.54) is 0 Å². The second-order valence-electron chi connectivity index (χ2n) is 2.93. The summed E-state index contributed by atoms with van der Waals surface area (Å²) in [7, 11) is 0. The van der Waals surface area contributed by atoms with Gasteiger partial charge in [-0.3, -0.25) is 9.78 Å². The zero-order valence-corrected chi connectivity index (χ0v) is 7.84. The van der Waals surface area contributed by atoms with Crippen molar-refractivity contribution in [3.8, 4) is 0 Å². The largest absolute Gasteiger partial charge is 0.275 e. The summed E-state index contributed by atoms with van der Waals surface area (Å²) in [4.78, 5) is 15.5. The Morgan fingerprint density at radius 1 is 1.36 bits per heavy atom. The minimum absolute atomic E-state index is 0.178. The number of rotatable bonds is 0. The smallest absolute Gasteiger partial charge is 0.267 e. The van der Waals surface area contributed by atoms with E-state index in [1.807, 2.05) is 16.8 Å². The summed E-state index contributed by atoms with van der Waals surface area (Å²) in [5, 5.41) is 11.8. The average molecular weight is 203 g/mol. The van der Waals surface area contributed by atoms with Crippen LogP contribution in [0.2, 0.25) is 0 Å². The Kier molecular flexibility index (Phi) is 1.43. The van der Waals surface area contributed by atoms with E-state index in [1.54, 1.807) is 17.5 Å². The topological polar surface area (TPSA) is 58.6 Å². The lowest BCUT2D eigenvalue weighted by molar-refractivity contribution is 1.08. The molecule has 5 heteroatoms. The summed E-state index contributed by atoms with van der Waals surface area (Å²) in [5.41, 5.74) is 1.39. The maximum Gasteiger partial charge on any atom is 0.275 e. The van der Waals surface area contributed by atoms with Crippen molar-refractivity contribution in [3.05, 3.63) is 33.4 Å². The molecule has 3 heterocycles. The quantitative estimate of drug-likeness (QED) is 0.602. The predicted molar refractivity (Wildman–Crippen MR) is 55.5 cm³/mol. The molecule has 0 aliphatic heterocycles. The Labute approximate surface area is 82.2 Å². The highest BCUT2D eigenvalue weighted by Crippen LogP contribution is 2.20. The van der Waals surface area contributed by atoms with E-state index in [0.29, 0.717) is 10.9 Å². The van der Waals surface area contributed by atoms with Crippen LogP contribution in [0.25, 0.3) is 21.8 Å². The molecule has 3 aromatic rings. The first kappa shape index (κ1) is 7.64. The number of H-pyrrole nitrogens is 1. The molecule has 0 saturated heterocycles. The summed E-state index contributed by atoms with van der Waals surface area (Å²) in [6.07, 6.45) is 1.56. The van der Waals surface area contributed by atoms with Gasteiger partial charge in [0.1, 0.15) is 5.52 Å². The Bertz CT molecular complexity index is 670. The van der Waals surface area contributed by atoms with Crippen LogP contribution >= 0.6 is 11.3 Å². The molecular weight excluding hydrogens is 198 g/mol. The van der Waals surface area contributed by atoms with Crippen LogP contribution in [0.4, 0.5) is 0 Å². The molecule has 0 aromatic carbocycles. The molecule has 0 atom stereocenters. The molecule has 0 unspecified atom stereocenters. The molecule has 68 valence electrons. The lowest BCUT2D eigenvalue weighted by Crippen LogP contribution is -1.97. The molecule has 14 heavy (non-hydrogen) atoms. The maximum absolute atomic E-state index is 11.3. The van der Waals surface area contributed by atoms with Crippen LogP contribution in [-0.4, -0.2) is 15.2 Å². The van der Waals surface area contributed by atoms with E-state index in [4.69, 9.17) is 0 Å². The fraction of sp³-hybridized carbons (Fsp3) is 0. The summed E-state index contributed by atoms with van der Waals surface area (Å²) >= 11 is 1.56. The monoisotopic (exact) mass is 203 g/mol. The van der Waals surface area contributed by atoms with Crippen LogP contribution in [0.5, 0.6) is 0 Å². The predicted octanol–water partition coefficient (Wildman–Crippen LogP) is 1.53. The molecule has 0 spiro atoms. The number of fused-ring (bicyclic) bond motifs is 3. The molecule has 3 rings (SSSR count). The van der Waals surface area contributed by atoms with E-state index in [-0.39, 0.29) is 5.56 Å². The normalized spacial score (nSPS) is 11.1. The lowest BCUT2D eigenvalue weighted by atomic mass is 10.2. The Balaban J connectivity index is 2.68. The number of hydrogen-bond donors (Lipinski definition) is 1. The molecule has 4 nitrogen and oxygen atoms in total. The summed E-state index contributed by atoms with van der Waals surface area (Å²) in [6, 6.07) is 1.92. The fourth-order valence-electron chi connectivity index (χ4n) is 1.44. The zero-order valence-electron chi connectivity index (χ0n) is 7.02. The molecule has 0 fully saturated rings. The third-order valence-corrected chi connectivity index (χ3v) is 2.79. The van der Waals surface area contributed by atoms with Gasteiger partial charge in [-0.2, -0.15) is 16.4 Å². The number of aromatic nitrogens is 3. The number of hydrogen-bond acceptors (Lipinski definition) is 4. The van der Waals surface area contributed by atoms with Crippen molar-refractivity contribution in [1.29, 1.82) is 0 Å². The minimum atomic E-state index is -0.178. The van der Waals surface area contributed by atoms with Gasteiger partial charge in [-0.1, -0.05) is 0 Å². The van der Waals surface area contributed by atoms with Gasteiger partial charge in [-0.25, -0.2) is 5.10 Å². The molecule has 0 radical (unpaired) electrons. The van der Waals surface area contributed by atoms with Crippen molar-refractivity contribution in [1.82, 2.24) is 15.2 Å². The van der Waals surface area contributed by atoms with Crippen LogP contribution in [0.15, 0.2) is 27.8 Å². The van der Waals surface area contributed by atoms with Gasteiger partial charge in [-0.15, -0.1) is 0 Å². The molecular formula is C9H5N3OS. The van der Waals surface area contributed by atoms with E-state index in [9.17, 15) is 4.79 Å². The average Bonchev–Trinajstić information content (AvgIpc) is 2.61. The molecule has 0 bridgehead atoms. The summed E-state index contributed by atoms with van der Waals surface area (Å²) in [6.45, 7) is 0. The van der Waals surface area contributed by atoms with E-state index < -0.39 is 0 Å². The molecule has 0 amide bonds. The molecule has 0 aliphatic carbocycles. The van der Waals surface area contributed by atoms with Gasteiger partial charge in [-0.05, 0) is 11.4 Å². The summed E-state index contributed by atoms with van der Waals surface area (Å²) < 4.78 is 0. The molecule has 3 aromatic heterocycles. The highest BCUT2D eigenvalue weighted by atomic mass is 32.1. The Morgan fingerprint density at radius 3 is 3.21 bits per heavy atom. The number of nitrogens with zero attached hydrogens (tertiary/aromatic N) is 2. The van der Waals surface area contributed by atoms with Crippen molar-refractivity contribution in [3.63, 3.8) is 0 Å². The van der Waals surface area contributed by atoms with Crippen molar-refractivity contribution >= 4 is 33.1 Å². The molecule has 0 saturated carbocycles. The number of pyridine rings is 1. The second kappa shape index (κ2) is 2.62. The van der Waals surface area contributed by atoms with Gasteiger partial charge in [0.15, 0.2) is 0 Å². The van der Waals surface area contributed by atoms with E-state index in [0.717, 1.165) is 10.9 Å². The Hall–Kier alpha value is -1.75. The van der Waals surface area contributed by atoms with Gasteiger partial charge in [0.05, 0.1) is 10.9 Å². The number of aromatic amines is 1. The van der Waals surface area contributed by atoms with Crippen LogP contribution in [-0.2, 0) is 0 Å². The van der Waals surface area contributed by atoms with Gasteiger partial charge >= 0.3 is 0 Å². The van der Waals surface area contributed by atoms with Crippen molar-refractivity contribution < 1.29 is 0 Å². The minimum Gasteiger partial charge on any atom is -0.267 e.